The maximum absolute atomic E-state index is 14.2. The van der Waals surface area contributed by atoms with E-state index in [-0.39, 0.29) is 28.1 Å². The Bertz CT molecular complexity index is 762. The smallest absolute Gasteiger partial charge is 0.207 e. The number of hydrogen-bond donors (Lipinski definition) is 1. The third-order valence-corrected chi connectivity index (χ3v) is 4.54. The summed E-state index contributed by atoms with van der Waals surface area (Å²) in [5.41, 5.74) is -0.308. The molecule has 1 fully saturated rings. The molecular weight excluding hydrogens is 342 g/mol. The van der Waals surface area contributed by atoms with Crippen LogP contribution in [0.1, 0.15) is 25.7 Å². The number of thioether (sulfide) groups is 1. The molecule has 130 valence electrons. The normalized spacial score (nSPS) is 16.7. The van der Waals surface area contributed by atoms with E-state index in [1.807, 2.05) is 6.92 Å². The molecule has 0 aliphatic carbocycles. The van der Waals surface area contributed by atoms with E-state index in [0.29, 0.717) is 24.4 Å². The molecule has 24 heavy (non-hydrogen) atoms. The fraction of sp³-hybridized carbons (Fsp3) is 0.467. The molecule has 6 nitrogen and oxygen atoms in total. The van der Waals surface area contributed by atoms with Gasteiger partial charge in [0.15, 0.2) is 23.0 Å². The number of fused-ring (bicyclic) bond motifs is 1. The predicted octanol–water partition coefficient (Wildman–Crippen LogP) is 3.23. The summed E-state index contributed by atoms with van der Waals surface area (Å²) in [5, 5.41) is 7.09. The van der Waals surface area contributed by atoms with Crippen LogP contribution in [-0.4, -0.2) is 35.3 Å². The van der Waals surface area contributed by atoms with Gasteiger partial charge in [-0.2, -0.15) is 4.39 Å². The zero-order chi connectivity index (χ0) is 17.3. The lowest BCUT2D eigenvalue weighted by Crippen LogP contribution is -2.19. The van der Waals surface area contributed by atoms with Crippen LogP contribution in [0.3, 0.4) is 0 Å². The highest BCUT2D eigenvalue weighted by molar-refractivity contribution is 8.13. The largest absolute Gasteiger partial charge is 0.363 e. The van der Waals surface area contributed by atoms with Crippen molar-refractivity contribution in [2.24, 2.45) is 0 Å². The highest BCUT2D eigenvalue weighted by Gasteiger charge is 2.28. The third kappa shape index (κ3) is 3.38. The quantitative estimate of drug-likeness (QED) is 0.879. The fourth-order valence-electron chi connectivity index (χ4n) is 2.37. The number of hydrogen-bond acceptors (Lipinski definition) is 7. The lowest BCUT2D eigenvalue weighted by molar-refractivity contribution is -0.109. The first-order chi connectivity index (χ1) is 11.5. The highest BCUT2D eigenvalue weighted by Crippen LogP contribution is 2.34. The molecule has 0 radical (unpaired) electrons. The fourth-order valence-corrected chi connectivity index (χ4v) is 2.93. The second-order valence-corrected chi connectivity index (χ2v) is 6.62. The van der Waals surface area contributed by atoms with Crippen molar-refractivity contribution in [2.75, 3.05) is 24.3 Å². The van der Waals surface area contributed by atoms with Crippen LogP contribution < -0.4 is 5.32 Å². The SMILES string of the molecule is CC(=O)SC[C@H](C)Nc1noc2c(F)c(F)c(C3OCCO3)cc12. The molecule has 3 rings (SSSR count). The van der Waals surface area contributed by atoms with E-state index in [1.54, 1.807) is 0 Å². The van der Waals surface area contributed by atoms with E-state index in [9.17, 15) is 13.6 Å². The average molecular weight is 358 g/mol. The topological polar surface area (TPSA) is 73.6 Å². The number of ether oxygens (including phenoxy) is 2. The Hall–Kier alpha value is -1.71. The van der Waals surface area contributed by atoms with Crippen LogP contribution in [0.25, 0.3) is 11.0 Å². The molecule has 1 aromatic heterocycles. The minimum Gasteiger partial charge on any atom is -0.363 e. The van der Waals surface area contributed by atoms with Crippen LogP contribution in [0.2, 0.25) is 0 Å². The van der Waals surface area contributed by atoms with Crippen LogP contribution in [-0.2, 0) is 14.3 Å². The molecule has 1 saturated heterocycles. The van der Waals surface area contributed by atoms with Gasteiger partial charge in [0.1, 0.15) is 0 Å². The summed E-state index contributed by atoms with van der Waals surface area (Å²) in [6.45, 7) is 3.96. The van der Waals surface area contributed by atoms with Crippen molar-refractivity contribution >= 4 is 33.7 Å². The molecule has 1 aliphatic rings. The molecule has 2 heterocycles. The molecule has 2 aromatic rings. The number of aromatic nitrogens is 1. The number of nitrogens with one attached hydrogen (secondary N) is 1. The summed E-state index contributed by atoms with van der Waals surface area (Å²) in [6, 6.07) is 1.29. The Morgan fingerprint density at radius 3 is 2.79 bits per heavy atom. The first-order valence-corrected chi connectivity index (χ1v) is 8.36. The molecule has 9 heteroatoms. The summed E-state index contributed by atoms with van der Waals surface area (Å²) in [5.74, 6) is -1.42. The van der Waals surface area contributed by atoms with Crippen LogP contribution in [0.4, 0.5) is 14.6 Å². The van der Waals surface area contributed by atoms with Crippen molar-refractivity contribution in [3.8, 4) is 0 Å². The van der Waals surface area contributed by atoms with E-state index in [2.05, 4.69) is 10.5 Å². The number of nitrogens with zero attached hydrogens (tertiary/aromatic N) is 1. The molecule has 1 N–H and O–H groups in total. The summed E-state index contributed by atoms with van der Waals surface area (Å²) in [6.07, 6.45) is -0.947. The molecule has 0 spiro atoms. The predicted molar refractivity (Wildman–Crippen MR) is 84.8 cm³/mol. The monoisotopic (exact) mass is 358 g/mol. The van der Waals surface area contributed by atoms with Gasteiger partial charge >= 0.3 is 0 Å². The van der Waals surface area contributed by atoms with Crippen molar-refractivity contribution in [3.05, 3.63) is 23.3 Å². The molecular formula is C15H16F2N2O4S. The lowest BCUT2D eigenvalue weighted by Gasteiger charge is -2.13. The maximum Gasteiger partial charge on any atom is 0.207 e. The van der Waals surface area contributed by atoms with Gasteiger partial charge in [0, 0.05) is 24.3 Å². The Morgan fingerprint density at radius 1 is 1.42 bits per heavy atom. The first kappa shape index (κ1) is 17.1. The van der Waals surface area contributed by atoms with Gasteiger partial charge in [-0.15, -0.1) is 0 Å². The minimum atomic E-state index is -1.13. The number of benzene rings is 1. The molecule has 0 unspecified atom stereocenters. The molecule has 1 aromatic carbocycles. The number of halogens is 2. The zero-order valence-electron chi connectivity index (χ0n) is 13.1. The Labute approximate surface area is 140 Å². The van der Waals surface area contributed by atoms with Crippen molar-refractivity contribution in [1.82, 2.24) is 5.16 Å². The van der Waals surface area contributed by atoms with Gasteiger partial charge < -0.3 is 19.3 Å². The number of carbonyl (C=O) groups is 1. The van der Waals surface area contributed by atoms with Gasteiger partial charge in [0.2, 0.25) is 11.4 Å². The van der Waals surface area contributed by atoms with Crippen LogP contribution in [0.15, 0.2) is 10.6 Å². The van der Waals surface area contributed by atoms with Gasteiger partial charge in [-0.25, -0.2) is 4.39 Å². The third-order valence-electron chi connectivity index (χ3n) is 3.47. The van der Waals surface area contributed by atoms with Gasteiger partial charge in [-0.05, 0) is 13.0 Å². The standard InChI is InChI=1S/C15H16F2N2O4S/c1-7(6-24-8(2)20)18-14-10-5-9(15-21-3-4-22-15)11(16)12(17)13(10)23-19-14/h5,7,15H,3-4,6H2,1-2H3,(H,18,19)/t7-/m0/s1. The van der Waals surface area contributed by atoms with Gasteiger partial charge in [0.25, 0.3) is 0 Å². The van der Waals surface area contributed by atoms with Gasteiger partial charge in [0.05, 0.1) is 18.6 Å². The Balaban J connectivity index is 1.90. The molecule has 0 saturated carbocycles. The van der Waals surface area contributed by atoms with Crippen molar-refractivity contribution < 1.29 is 27.6 Å². The summed E-state index contributed by atoms with van der Waals surface area (Å²) >= 11 is 1.16. The van der Waals surface area contributed by atoms with E-state index in [4.69, 9.17) is 14.0 Å². The second kappa shape index (κ2) is 7.04. The van der Waals surface area contributed by atoms with Gasteiger partial charge in [-0.3, -0.25) is 4.79 Å². The van der Waals surface area contributed by atoms with Crippen molar-refractivity contribution in [3.63, 3.8) is 0 Å². The van der Waals surface area contributed by atoms with E-state index >= 15 is 0 Å². The van der Waals surface area contributed by atoms with Crippen LogP contribution in [0, 0.1) is 11.6 Å². The van der Waals surface area contributed by atoms with Crippen LogP contribution >= 0.6 is 11.8 Å². The number of carbonyl (C=O) groups excluding carboxylic acids is 1. The zero-order valence-corrected chi connectivity index (χ0v) is 13.9. The molecule has 1 atom stereocenters. The average Bonchev–Trinajstić information content (AvgIpc) is 3.19. The minimum absolute atomic E-state index is 0.000376. The Morgan fingerprint density at radius 2 is 2.12 bits per heavy atom. The number of rotatable bonds is 5. The summed E-state index contributed by atoms with van der Waals surface area (Å²) in [4.78, 5) is 11.0. The van der Waals surface area contributed by atoms with E-state index in [0.717, 1.165) is 11.8 Å². The van der Waals surface area contributed by atoms with Crippen molar-refractivity contribution in [2.45, 2.75) is 26.2 Å². The van der Waals surface area contributed by atoms with E-state index in [1.165, 1.54) is 13.0 Å². The maximum atomic E-state index is 14.2. The number of anilines is 1. The molecule has 0 amide bonds. The highest BCUT2D eigenvalue weighted by atomic mass is 32.2. The molecule has 1 aliphatic heterocycles. The van der Waals surface area contributed by atoms with E-state index < -0.39 is 17.9 Å². The summed E-state index contributed by atoms with van der Waals surface area (Å²) < 4.78 is 43.8. The molecule has 0 bridgehead atoms. The summed E-state index contributed by atoms with van der Waals surface area (Å²) in [7, 11) is 0. The van der Waals surface area contributed by atoms with Gasteiger partial charge in [-0.1, -0.05) is 16.9 Å². The van der Waals surface area contributed by atoms with Crippen LogP contribution in [0.5, 0.6) is 0 Å². The Kier molecular flexibility index (Phi) is 5.02. The lowest BCUT2D eigenvalue weighted by atomic mass is 10.1. The second-order valence-electron chi connectivity index (χ2n) is 5.42. The first-order valence-electron chi connectivity index (χ1n) is 7.37. The van der Waals surface area contributed by atoms with Crippen molar-refractivity contribution in [1.29, 1.82) is 0 Å².